The molecule has 0 aromatic carbocycles. The molecule has 1 aliphatic carbocycles. The van der Waals surface area contributed by atoms with Crippen molar-refractivity contribution in [2.45, 2.75) is 38.6 Å². The van der Waals surface area contributed by atoms with Crippen LogP contribution in [0.2, 0.25) is 0 Å². The Balaban J connectivity index is 2.30. The maximum atomic E-state index is 11.1. The third-order valence-electron chi connectivity index (χ3n) is 2.88. The van der Waals surface area contributed by atoms with Gasteiger partial charge in [-0.2, -0.15) is 0 Å². The fraction of sp³-hybridized carbons (Fsp3) is 0.583. The molecule has 0 radical (unpaired) electrons. The van der Waals surface area contributed by atoms with Crippen molar-refractivity contribution >= 4 is 27.7 Å². The van der Waals surface area contributed by atoms with E-state index in [2.05, 4.69) is 25.9 Å². The van der Waals surface area contributed by atoms with Crippen LogP contribution in [0.4, 0.5) is 5.82 Å². The predicted octanol–water partition coefficient (Wildman–Crippen LogP) is 1.82. The van der Waals surface area contributed by atoms with Crippen molar-refractivity contribution in [1.82, 2.24) is 9.97 Å². The summed E-state index contributed by atoms with van der Waals surface area (Å²) in [7, 11) is 0. The summed E-state index contributed by atoms with van der Waals surface area (Å²) in [5.41, 5.74) is 5.28. The Kier molecular flexibility index (Phi) is 3.85. The maximum Gasteiger partial charge on any atom is 0.237 e. The van der Waals surface area contributed by atoms with E-state index in [9.17, 15) is 4.79 Å². The van der Waals surface area contributed by atoms with Gasteiger partial charge in [-0.15, -0.1) is 0 Å². The minimum atomic E-state index is -0.355. The van der Waals surface area contributed by atoms with E-state index in [-0.39, 0.29) is 18.5 Å². The van der Waals surface area contributed by atoms with E-state index in [1.807, 2.05) is 24.8 Å². The van der Waals surface area contributed by atoms with Crippen molar-refractivity contribution in [3.8, 4) is 0 Å². The molecule has 2 N–H and O–H groups in total. The van der Waals surface area contributed by atoms with Gasteiger partial charge in [0.05, 0.1) is 6.54 Å². The van der Waals surface area contributed by atoms with Gasteiger partial charge in [-0.3, -0.25) is 4.79 Å². The van der Waals surface area contributed by atoms with Crippen molar-refractivity contribution < 1.29 is 4.79 Å². The number of nitrogens with two attached hydrogens (primary N) is 1. The smallest absolute Gasteiger partial charge is 0.237 e. The molecule has 1 aromatic heterocycles. The third-order valence-corrected chi connectivity index (χ3v) is 3.29. The number of primary amides is 1. The van der Waals surface area contributed by atoms with Gasteiger partial charge in [-0.05, 0) is 42.6 Å². The Morgan fingerprint density at radius 1 is 1.56 bits per heavy atom. The molecule has 2 rings (SSSR count). The second kappa shape index (κ2) is 5.22. The lowest BCUT2D eigenvalue weighted by atomic mass is 10.3. The molecule has 0 unspecified atom stereocenters. The molecule has 0 bridgehead atoms. The second-order valence-corrected chi connectivity index (χ2v) is 5.68. The average Bonchev–Trinajstić information content (AvgIpc) is 3.08. The molecule has 1 saturated carbocycles. The summed E-state index contributed by atoms with van der Waals surface area (Å²) in [4.78, 5) is 21.9. The molecule has 18 heavy (non-hydrogen) atoms. The van der Waals surface area contributed by atoms with Crippen LogP contribution in [0.25, 0.3) is 0 Å². The molecule has 1 fully saturated rings. The Morgan fingerprint density at radius 2 is 2.22 bits per heavy atom. The summed E-state index contributed by atoms with van der Waals surface area (Å²) in [6.45, 7) is 4.19. The zero-order valence-corrected chi connectivity index (χ0v) is 12.1. The lowest BCUT2D eigenvalue weighted by Crippen LogP contribution is -2.39. The average molecular weight is 313 g/mol. The number of carbonyl (C=O) groups is 1. The molecule has 5 nitrogen and oxygen atoms in total. The highest BCUT2D eigenvalue weighted by Gasteiger charge is 2.28. The van der Waals surface area contributed by atoms with Gasteiger partial charge in [0, 0.05) is 18.0 Å². The molecule has 0 aliphatic heterocycles. The second-order valence-electron chi connectivity index (χ2n) is 4.87. The molecule has 6 heteroatoms. The number of hydrogen-bond donors (Lipinski definition) is 1. The molecule has 1 aliphatic rings. The quantitative estimate of drug-likeness (QED) is 0.842. The first-order valence-electron chi connectivity index (χ1n) is 6.07. The fourth-order valence-electron chi connectivity index (χ4n) is 1.79. The largest absolute Gasteiger partial charge is 0.368 e. The minimum absolute atomic E-state index is 0.159. The summed E-state index contributed by atoms with van der Waals surface area (Å²) in [6.07, 6.45) is 2.29. The Bertz CT molecular complexity index is 459. The molecule has 1 heterocycles. The van der Waals surface area contributed by atoms with Crippen LogP contribution in [0.1, 0.15) is 38.4 Å². The first-order valence-corrected chi connectivity index (χ1v) is 6.86. The SMILES string of the molecule is CC(C)N(CC(N)=O)c1cc(Br)nc(C2CC2)n1. The summed E-state index contributed by atoms with van der Waals surface area (Å²) in [6, 6.07) is 1.99. The monoisotopic (exact) mass is 312 g/mol. The van der Waals surface area contributed by atoms with Crippen molar-refractivity contribution in [2.24, 2.45) is 5.73 Å². The number of nitrogens with zero attached hydrogens (tertiary/aromatic N) is 3. The number of amides is 1. The van der Waals surface area contributed by atoms with Crippen molar-refractivity contribution in [3.05, 3.63) is 16.5 Å². The van der Waals surface area contributed by atoms with Gasteiger partial charge in [0.25, 0.3) is 0 Å². The van der Waals surface area contributed by atoms with Gasteiger partial charge in [0.15, 0.2) is 0 Å². The van der Waals surface area contributed by atoms with E-state index in [4.69, 9.17) is 5.73 Å². The van der Waals surface area contributed by atoms with Crippen LogP contribution in [-0.2, 0) is 4.79 Å². The minimum Gasteiger partial charge on any atom is -0.368 e. The maximum absolute atomic E-state index is 11.1. The van der Waals surface area contributed by atoms with Crippen LogP contribution in [-0.4, -0.2) is 28.5 Å². The molecule has 1 amide bonds. The van der Waals surface area contributed by atoms with Crippen molar-refractivity contribution in [2.75, 3.05) is 11.4 Å². The zero-order valence-electron chi connectivity index (χ0n) is 10.6. The van der Waals surface area contributed by atoms with E-state index in [0.717, 1.165) is 29.1 Å². The zero-order chi connectivity index (χ0) is 13.3. The topological polar surface area (TPSA) is 72.1 Å². The van der Waals surface area contributed by atoms with E-state index in [1.165, 1.54) is 0 Å². The number of halogens is 1. The lowest BCUT2D eigenvalue weighted by Gasteiger charge is -2.26. The van der Waals surface area contributed by atoms with Crippen LogP contribution in [0, 0.1) is 0 Å². The summed E-state index contributed by atoms with van der Waals surface area (Å²) >= 11 is 3.40. The highest BCUT2D eigenvalue weighted by atomic mass is 79.9. The van der Waals surface area contributed by atoms with E-state index in [0.29, 0.717) is 5.92 Å². The van der Waals surface area contributed by atoms with Crippen molar-refractivity contribution in [1.29, 1.82) is 0 Å². The van der Waals surface area contributed by atoms with Gasteiger partial charge in [-0.25, -0.2) is 9.97 Å². The molecule has 0 spiro atoms. The van der Waals surface area contributed by atoms with Crippen molar-refractivity contribution in [3.63, 3.8) is 0 Å². The van der Waals surface area contributed by atoms with Gasteiger partial charge < -0.3 is 10.6 Å². The molecule has 0 atom stereocenters. The van der Waals surface area contributed by atoms with Crippen LogP contribution in [0.5, 0.6) is 0 Å². The lowest BCUT2D eigenvalue weighted by molar-refractivity contribution is -0.116. The van der Waals surface area contributed by atoms with E-state index in [1.54, 1.807) is 0 Å². The Labute approximate surface area is 115 Å². The number of aromatic nitrogens is 2. The predicted molar refractivity (Wildman–Crippen MR) is 73.4 cm³/mol. The highest BCUT2D eigenvalue weighted by Crippen LogP contribution is 2.39. The standard InChI is InChI=1S/C12H17BrN4O/c1-7(2)17(6-10(14)18)11-5-9(13)15-12(16-11)8-3-4-8/h5,7-8H,3-4,6H2,1-2H3,(H2,14,18). The number of rotatable bonds is 5. The van der Waals surface area contributed by atoms with Crippen LogP contribution < -0.4 is 10.6 Å². The molecular weight excluding hydrogens is 296 g/mol. The Morgan fingerprint density at radius 3 is 2.72 bits per heavy atom. The number of carbonyl (C=O) groups excluding carboxylic acids is 1. The third kappa shape index (κ3) is 3.19. The van der Waals surface area contributed by atoms with E-state index >= 15 is 0 Å². The molecule has 98 valence electrons. The Hall–Kier alpha value is -1.17. The van der Waals surface area contributed by atoms with Crippen LogP contribution >= 0.6 is 15.9 Å². The molecule has 1 aromatic rings. The van der Waals surface area contributed by atoms with Crippen LogP contribution in [0.3, 0.4) is 0 Å². The van der Waals surface area contributed by atoms with Gasteiger partial charge in [-0.1, -0.05) is 0 Å². The fourth-order valence-corrected chi connectivity index (χ4v) is 2.18. The normalized spacial score (nSPS) is 14.9. The van der Waals surface area contributed by atoms with E-state index < -0.39 is 0 Å². The van der Waals surface area contributed by atoms with Gasteiger partial charge >= 0.3 is 0 Å². The van der Waals surface area contributed by atoms with Crippen LogP contribution in [0.15, 0.2) is 10.7 Å². The summed E-state index contributed by atoms with van der Waals surface area (Å²) < 4.78 is 0.754. The summed E-state index contributed by atoms with van der Waals surface area (Å²) in [5.74, 6) is 1.73. The molecule has 0 saturated heterocycles. The summed E-state index contributed by atoms with van der Waals surface area (Å²) in [5, 5.41) is 0. The molecular formula is C12H17BrN4O. The highest BCUT2D eigenvalue weighted by molar-refractivity contribution is 9.10. The number of hydrogen-bond acceptors (Lipinski definition) is 4. The first kappa shape index (κ1) is 13.3. The first-order chi connectivity index (χ1) is 8.47. The number of anilines is 1. The van der Waals surface area contributed by atoms with Gasteiger partial charge in [0.1, 0.15) is 16.2 Å². The van der Waals surface area contributed by atoms with Gasteiger partial charge in [0.2, 0.25) is 5.91 Å².